The quantitative estimate of drug-likeness (QED) is 0.835. The predicted octanol–water partition coefficient (Wildman–Crippen LogP) is 2.22. The lowest BCUT2D eigenvalue weighted by Crippen LogP contribution is -2.34. The van der Waals surface area contributed by atoms with Crippen molar-refractivity contribution < 1.29 is 9.59 Å². The maximum Gasteiger partial charge on any atom is 0.255 e. The van der Waals surface area contributed by atoms with E-state index < -0.39 is 0 Å². The van der Waals surface area contributed by atoms with Crippen LogP contribution in [0.1, 0.15) is 28.8 Å². The van der Waals surface area contributed by atoms with E-state index in [1.54, 1.807) is 41.6 Å². The van der Waals surface area contributed by atoms with Gasteiger partial charge in [-0.2, -0.15) is 5.26 Å². The van der Waals surface area contributed by atoms with Gasteiger partial charge in [0.15, 0.2) is 0 Å². The molecule has 0 aliphatic carbocycles. The molecule has 0 saturated carbocycles. The number of benzene rings is 1. The number of carbonyl (C=O) groups excluding carboxylic acids is 2. The average Bonchev–Trinajstić information content (AvgIpc) is 3.25. The molecule has 2 aliphatic heterocycles. The highest BCUT2D eigenvalue weighted by atomic mass is 16.2. The Hall–Kier alpha value is -3.20. The molecular weight excluding hydrogens is 328 g/mol. The average molecular weight is 346 g/mol. The van der Waals surface area contributed by atoms with E-state index in [2.05, 4.69) is 11.1 Å². The Labute approximate surface area is 151 Å². The number of carbonyl (C=O) groups is 2. The summed E-state index contributed by atoms with van der Waals surface area (Å²) in [6, 6.07) is 12.7. The summed E-state index contributed by atoms with van der Waals surface area (Å²) in [7, 11) is 0. The molecule has 2 aromatic rings. The Morgan fingerprint density at radius 2 is 2.00 bits per heavy atom. The van der Waals surface area contributed by atoms with E-state index in [0.717, 1.165) is 12.1 Å². The highest BCUT2D eigenvalue weighted by Crippen LogP contribution is 2.42. The van der Waals surface area contributed by atoms with Gasteiger partial charge < -0.3 is 9.80 Å². The van der Waals surface area contributed by atoms with Gasteiger partial charge in [0.05, 0.1) is 17.2 Å². The van der Waals surface area contributed by atoms with Crippen molar-refractivity contribution in [1.29, 1.82) is 5.26 Å². The van der Waals surface area contributed by atoms with E-state index in [0.29, 0.717) is 37.2 Å². The van der Waals surface area contributed by atoms with Gasteiger partial charge in [0.1, 0.15) is 0 Å². The van der Waals surface area contributed by atoms with Crippen molar-refractivity contribution in [3.63, 3.8) is 0 Å². The normalized spacial score (nSPS) is 22.0. The molecule has 1 unspecified atom stereocenters. The van der Waals surface area contributed by atoms with E-state index >= 15 is 0 Å². The lowest BCUT2D eigenvalue weighted by atomic mass is 9.86. The lowest BCUT2D eigenvalue weighted by Gasteiger charge is -2.24. The summed E-state index contributed by atoms with van der Waals surface area (Å²) in [5, 5.41) is 8.92. The van der Waals surface area contributed by atoms with Crippen LogP contribution in [0.15, 0.2) is 48.8 Å². The van der Waals surface area contributed by atoms with Gasteiger partial charge in [0, 0.05) is 49.6 Å². The van der Waals surface area contributed by atoms with Gasteiger partial charge in [-0.25, -0.2) is 0 Å². The van der Waals surface area contributed by atoms with Gasteiger partial charge in [-0.1, -0.05) is 0 Å². The third-order valence-corrected chi connectivity index (χ3v) is 5.26. The number of amides is 2. The molecular formula is C20H18N4O2. The van der Waals surface area contributed by atoms with Crippen molar-refractivity contribution in [3.8, 4) is 6.07 Å². The second kappa shape index (κ2) is 6.26. The number of aromatic nitrogens is 1. The van der Waals surface area contributed by atoms with Crippen LogP contribution < -0.4 is 4.90 Å². The van der Waals surface area contributed by atoms with Crippen LogP contribution in [0.3, 0.4) is 0 Å². The molecule has 1 aromatic heterocycles. The Balaban J connectivity index is 1.49. The first-order valence-corrected chi connectivity index (χ1v) is 8.60. The number of pyridine rings is 1. The van der Waals surface area contributed by atoms with Crippen LogP contribution in [-0.2, 0) is 4.79 Å². The van der Waals surface area contributed by atoms with Gasteiger partial charge in [-0.05, 0) is 42.8 Å². The van der Waals surface area contributed by atoms with Crippen LogP contribution >= 0.6 is 0 Å². The molecule has 6 heteroatoms. The van der Waals surface area contributed by atoms with Crippen molar-refractivity contribution >= 4 is 17.5 Å². The summed E-state index contributed by atoms with van der Waals surface area (Å²) in [5.74, 6) is 0.0460. The zero-order chi connectivity index (χ0) is 18.1. The highest BCUT2D eigenvalue weighted by Gasteiger charge is 2.48. The standard InChI is InChI=1S/C20H18N4O2/c21-11-15-3-5-17(6-4-15)24-14-20(10-18(24)25)7-9-23(13-20)19(26)16-2-1-8-22-12-16/h1-6,8,12H,7,9-10,13-14H2. The van der Waals surface area contributed by atoms with Gasteiger partial charge in [-0.3, -0.25) is 14.6 Å². The van der Waals surface area contributed by atoms with Gasteiger partial charge >= 0.3 is 0 Å². The number of likely N-dealkylation sites (tertiary alicyclic amines) is 1. The van der Waals surface area contributed by atoms with Crippen molar-refractivity contribution in [3.05, 3.63) is 59.9 Å². The number of hydrogen-bond acceptors (Lipinski definition) is 4. The van der Waals surface area contributed by atoms with Crippen LogP contribution in [0.25, 0.3) is 0 Å². The summed E-state index contributed by atoms with van der Waals surface area (Å²) in [4.78, 5) is 32.8. The maximum absolute atomic E-state index is 12.6. The molecule has 6 nitrogen and oxygen atoms in total. The SMILES string of the molecule is N#Cc1ccc(N2CC3(CCN(C(=O)c4cccnc4)C3)CC2=O)cc1. The van der Waals surface area contributed by atoms with E-state index in [1.807, 2.05) is 17.0 Å². The first-order valence-electron chi connectivity index (χ1n) is 8.60. The monoisotopic (exact) mass is 346 g/mol. The number of anilines is 1. The van der Waals surface area contributed by atoms with Gasteiger partial charge in [0.2, 0.25) is 5.91 Å². The second-order valence-corrected chi connectivity index (χ2v) is 7.03. The fraction of sp³-hybridized carbons (Fsp3) is 0.300. The Bertz CT molecular complexity index is 888. The third-order valence-electron chi connectivity index (χ3n) is 5.26. The first kappa shape index (κ1) is 16.3. The fourth-order valence-electron chi connectivity index (χ4n) is 3.90. The number of hydrogen-bond donors (Lipinski definition) is 0. The summed E-state index contributed by atoms with van der Waals surface area (Å²) >= 11 is 0. The van der Waals surface area contributed by atoms with E-state index in [9.17, 15) is 9.59 Å². The molecule has 0 bridgehead atoms. The Kier molecular flexibility index (Phi) is 3.92. The van der Waals surface area contributed by atoms with Crippen molar-refractivity contribution in [2.45, 2.75) is 12.8 Å². The molecule has 0 radical (unpaired) electrons. The minimum absolute atomic E-state index is 0.0285. The van der Waals surface area contributed by atoms with Crippen molar-refractivity contribution in [2.24, 2.45) is 5.41 Å². The molecule has 1 aromatic carbocycles. The van der Waals surface area contributed by atoms with Gasteiger partial charge in [-0.15, -0.1) is 0 Å². The van der Waals surface area contributed by atoms with Crippen LogP contribution in [0.2, 0.25) is 0 Å². The molecule has 0 N–H and O–H groups in total. The maximum atomic E-state index is 12.6. The molecule has 2 aliphatic rings. The molecule has 1 spiro atoms. The molecule has 130 valence electrons. The molecule has 26 heavy (non-hydrogen) atoms. The van der Waals surface area contributed by atoms with Gasteiger partial charge in [0.25, 0.3) is 5.91 Å². The Morgan fingerprint density at radius 1 is 1.19 bits per heavy atom. The van der Waals surface area contributed by atoms with E-state index in [1.165, 1.54) is 0 Å². The first-order chi connectivity index (χ1) is 12.6. The minimum Gasteiger partial charge on any atom is -0.338 e. The topological polar surface area (TPSA) is 77.3 Å². The van der Waals surface area contributed by atoms with Crippen LogP contribution in [0.4, 0.5) is 5.69 Å². The summed E-state index contributed by atoms with van der Waals surface area (Å²) in [6.45, 7) is 1.84. The largest absolute Gasteiger partial charge is 0.338 e. The lowest BCUT2D eigenvalue weighted by molar-refractivity contribution is -0.117. The second-order valence-electron chi connectivity index (χ2n) is 7.03. The molecule has 4 rings (SSSR count). The van der Waals surface area contributed by atoms with E-state index in [4.69, 9.17) is 5.26 Å². The summed E-state index contributed by atoms with van der Waals surface area (Å²) in [6.07, 6.45) is 4.49. The number of rotatable bonds is 2. The summed E-state index contributed by atoms with van der Waals surface area (Å²) < 4.78 is 0. The summed E-state index contributed by atoms with van der Waals surface area (Å²) in [5.41, 5.74) is 1.77. The minimum atomic E-state index is -0.192. The molecule has 2 amide bonds. The van der Waals surface area contributed by atoms with Crippen molar-refractivity contribution in [2.75, 3.05) is 24.5 Å². The predicted molar refractivity (Wildman–Crippen MR) is 95.3 cm³/mol. The zero-order valence-corrected chi connectivity index (χ0v) is 14.3. The van der Waals surface area contributed by atoms with Crippen LogP contribution in [0.5, 0.6) is 0 Å². The molecule has 2 fully saturated rings. The molecule has 1 atom stereocenters. The van der Waals surface area contributed by atoms with Crippen molar-refractivity contribution in [1.82, 2.24) is 9.88 Å². The zero-order valence-electron chi connectivity index (χ0n) is 14.3. The Morgan fingerprint density at radius 3 is 2.69 bits per heavy atom. The fourth-order valence-corrected chi connectivity index (χ4v) is 3.90. The van der Waals surface area contributed by atoms with E-state index in [-0.39, 0.29) is 17.2 Å². The van der Waals surface area contributed by atoms with Crippen LogP contribution in [0, 0.1) is 16.7 Å². The third kappa shape index (κ3) is 2.82. The molecule has 3 heterocycles. The smallest absolute Gasteiger partial charge is 0.255 e. The highest BCUT2D eigenvalue weighted by molar-refractivity contribution is 5.97. The molecule has 2 saturated heterocycles. The number of nitriles is 1. The van der Waals surface area contributed by atoms with Crippen LogP contribution in [-0.4, -0.2) is 41.3 Å². The number of nitrogens with zero attached hydrogens (tertiary/aromatic N) is 4.